The van der Waals surface area contributed by atoms with E-state index in [9.17, 15) is 4.79 Å². The molecule has 1 heterocycles. The number of ketones is 1. The van der Waals surface area contributed by atoms with Gasteiger partial charge in [0.25, 0.3) is 0 Å². The molecule has 4 aliphatic rings. The minimum Gasteiger partial charge on any atom is -0.348 e. The third-order valence-corrected chi connectivity index (χ3v) is 10.8. The topological polar surface area (TPSA) is 35.5 Å². The summed E-state index contributed by atoms with van der Waals surface area (Å²) in [6.45, 7) is 15.6. The molecule has 4 rings (SSSR count). The van der Waals surface area contributed by atoms with E-state index in [4.69, 9.17) is 9.47 Å². The number of carbonyl (C=O) groups is 1. The van der Waals surface area contributed by atoms with E-state index in [0.717, 1.165) is 55.3 Å². The summed E-state index contributed by atoms with van der Waals surface area (Å²) in [5.74, 6) is 4.69. The van der Waals surface area contributed by atoms with Gasteiger partial charge in [-0.3, -0.25) is 4.79 Å². The zero-order valence-corrected chi connectivity index (χ0v) is 21.9. The van der Waals surface area contributed by atoms with Crippen molar-refractivity contribution in [1.29, 1.82) is 0 Å². The average molecular weight is 447 g/mol. The van der Waals surface area contributed by atoms with Crippen LogP contribution in [0.5, 0.6) is 0 Å². The van der Waals surface area contributed by atoms with Crippen molar-refractivity contribution in [2.24, 2.45) is 46.3 Å². The maximum absolute atomic E-state index is 13.3. The predicted molar refractivity (Wildman–Crippen MR) is 130 cm³/mol. The summed E-state index contributed by atoms with van der Waals surface area (Å²) < 4.78 is 11.8. The molecule has 0 bridgehead atoms. The summed E-state index contributed by atoms with van der Waals surface area (Å²) in [6.07, 6.45) is 13.2. The highest BCUT2D eigenvalue weighted by atomic mass is 16.7. The third-order valence-electron chi connectivity index (χ3n) is 10.8. The molecule has 4 fully saturated rings. The summed E-state index contributed by atoms with van der Waals surface area (Å²) in [7, 11) is 0. The van der Waals surface area contributed by atoms with E-state index in [1.54, 1.807) is 0 Å². The van der Waals surface area contributed by atoms with E-state index in [-0.39, 0.29) is 5.41 Å². The highest BCUT2D eigenvalue weighted by molar-refractivity contribution is 5.85. The van der Waals surface area contributed by atoms with Crippen molar-refractivity contribution in [1.82, 2.24) is 0 Å². The number of rotatable bonds is 8. The lowest BCUT2D eigenvalue weighted by atomic mass is 9.47. The zero-order chi connectivity index (χ0) is 23.1. The van der Waals surface area contributed by atoms with E-state index in [1.165, 1.54) is 44.9 Å². The van der Waals surface area contributed by atoms with E-state index in [2.05, 4.69) is 41.5 Å². The van der Waals surface area contributed by atoms with Crippen LogP contribution in [0.4, 0.5) is 0 Å². The van der Waals surface area contributed by atoms with Gasteiger partial charge in [0.05, 0.1) is 13.2 Å². The van der Waals surface area contributed by atoms with Gasteiger partial charge in [-0.25, -0.2) is 0 Å². The van der Waals surface area contributed by atoms with Gasteiger partial charge in [-0.15, -0.1) is 0 Å². The molecule has 1 aliphatic heterocycles. The minimum absolute atomic E-state index is 0.191. The van der Waals surface area contributed by atoms with Gasteiger partial charge in [-0.2, -0.15) is 0 Å². The highest BCUT2D eigenvalue weighted by Gasteiger charge is 2.60. The highest BCUT2D eigenvalue weighted by Crippen LogP contribution is 2.66. The van der Waals surface area contributed by atoms with Gasteiger partial charge in [-0.05, 0) is 86.4 Å². The number of hydrogen-bond acceptors (Lipinski definition) is 3. The molecule has 3 aliphatic carbocycles. The number of fused-ring (bicyclic) bond motifs is 3. The quantitative estimate of drug-likeness (QED) is 0.389. The molecule has 0 amide bonds. The second-order valence-electron chi connectivity index (χ2n) is 13.1. The summed E-state index contributed by atoms with van der Waals surface area (Å²) in [5.41, 5.74) is 0.299. The van der Waals surface area contributed by atoms with Gasteiger partial charge >= 0.3 is 0 Å². The van der Waals surface area contributed by atoms with Gasteiger partial charge < -0.3 is 9.47 Å². The smallest absolute Gasteiger partial charge is 0.165 e. The summed E-state index contributed by atoms with van der Waals surface area (Å²) >= 11 is 0. The molecule has 0 unspecified atom stereocenters. The Labute approximate surface area is 197 Å². The van der Waals surface area contributed by atoms with Crippen LogP contribution in [0.3, 0.4) is 0 Å². The Balaban J connectivity index is 1.45. The van der Waals surface area contributed by atoms with Crippen molar-refractivity contribution >= 4 is 5.78 Å². The van der Waals surface area contributed by atoms with Crippen molar-refractivity contribution < 1.29 is 14.3 Å². The molecule has 7 atom stereocenters. The predicted octanol–water partition coefficient (Wildman–Crippen LogP) is 7.42. The van der Waals surface area contributed by atoms with Crippen molar-refractivity contribution in [3.05, 3.63) is 0 Å². The average Bonchev–Trinajstić information content (AvgIpc) is 3.32. The first-order valence-electron chi connectivity index (χ1n) is 13.9. The third kappa shape index (κ3) is 4.47. The molecule has 0 radical (unpaired) electrons. The van der Waals surface area contributed by atoms with E-state index in [1.807, 2.05) is 0 Å². The Morgan fingerprint density at radius 1 is 0.906 bits per heavy atom. The number of hydrogen-bond donors (Lipinski definition) is 0. The standard InChI is InChI=1S/C29H50O3/c1-20(2)8-7-9-21(3)23-11-12-24-22-10-13-26(30)28(5,25(22)14-15-27(23,24)4)16-17-29(6)31-18-19-32-29/h20-25H,7-19H2,1-6H3/t21-,22+,23-,24+,25+,27-,28-/m0/s1. The molecule has 3 saturated carbocycles. The Bertz CT molecular complexity index is 665. The van der Waals surface area contributed by atoms with Crippen LogP contribution < -0.4 is 0 Å². The molecule has 0 spiro atoms. The summed E-state index contributed by atoms with van der Waals surface area (Å²) in [4.78, 5) is 13.3. The normalized spacial score (nSPS) is 42.2. The number of ether oxygens (including phenoxy) is 2. The lowest BCUT2D eigenvalue weighted by Gasteiger charge is -2.56. The Morgan fingerprint density at radius 2 is 1.62 bits per heavy atom. The second kappa shape index (κ2) is 9.33. The van der Waals surface area contributed by atoms with Gasteiger partial charge in [0.2, 0.25) is 0 Å². The van der Waals surface area contributed by atoms with Gasteiger partial charge in [0.15, 0.2) is 5.79 Å². The fourth-order valence-corrected chi connectivity index (χ4v) is 8.81. The van der Waals surface area contributed by atoms with Crippen molar-refractivity contribution in [3.8, 4) is 0 Å². The first kappa shape index (κ1) is 24.7. The largest absolute Gasteiger partial charge is 0.348 e. The van der Waals surface area contributed by atoms with Crippen molar-refractivity contribution in [2.45, 2.75) is 118 Å². The van der Waals surface area contributed by atoms with Crippen LogP contribution in [-0.2, 0) is 14.3 Å². The monoisotopic (exact) mass is 446 g/mol. The molecule has 0 aromatic heterocycles. The van der Waals surface area contributed by atoms with Crippen molar-refractivity contribution in [2.75, 3.05) is 13.2 Å². The van der Waals surface area contributed by atoms with Crippen LogP contribution in [0, 0.1) is 46.3 Å². The SMILES string of the molecule is CC(C)CCC[C@H](C)[C@@H]1CC[C@@H]2[C@H]3CCC(=O)[C@@](C)(CCC4(C)OCCO4)[C@@H]3CC[C@]21C. The Morgan fingerprint density at radius 3 is 2.31 bits per heavy atom. The molecule has 32 heavy (non-hydrogen) atoms. The van der Waals surface area contributed by atoms with E-state index < -0.39 is 5.79 Å². The van der Waals surface area contributed by atoms with Crippen LogP contribution in [0.15, 0.2) is 0 Å². The zero-order valence-electron chi connectivity index (χ0n) is 21.9. The number of carbonyl (C=O) groups excluding carboxylic acids is 1. The van der Waals surface area contributed by atoms with Crippen molar-refractivity contribution in [3.63, 3.8) is 0 Å². The first-order valence-corrected chi connectivity index (χ1v) is 13.9. The molecule has 0 aromatic carbocycles. The van der Waals surface area contributed by atoms with Gasteiger partial charge in [-0.1, -0.05) is 53.9 Å². The van der Waals surface area contributed by atoms with Gasteiger partial charge in [0.1, 0.15) is 5.78 Å². The molecular formula is C29H50O3. The lowest BCUT2D eigenvalue weighted by molar-refractivity contribution is -0.165. The first-order chi connectivity index (χ1) is 15.1. The van der Waals surface area contributed by atoms with E-state index >= 15 is 0 Å². The van der Waals surface area contributed by atoms with Crippen LogP contribution in [0.2, 0.25) is 0 Å². The maximum atomic E-state index is 13.3. The fourth-order valence-electron chi connectivity index (χ4n) is 8.81. The molecule has 3 nitrogen and oxygen atoms in total. The molecule has 0 N–H and O–H groups in total. The fraction of sp³-hybridized carbons (Fsp3) is 0.966. The second-order valence-corrected chi connectivity index (χ2v) is 13.1. The molecule has 0 aromatic rings. The lowest BCUT2D eigenvalue weighted by Crippen LogP contribution is -2.53. The van der Waals surface area contributed by atoms with Crippen LogP contribution in [-0.4, -0.2) is 24.8 Å². The maximum Gasteiger partial charge on any atom is 0.165 e. The molecule has 184 valence electrons. The van der Waals surface area contributed by atoms with Gasteiger partial charge in [0, 0.05) is 18.3 Å². The summed E-state index contributed by atoms with van der Waals surface area (Å²) in [5, 5.41) is 0. The minimum atomic E-state index is -0.483. The van der Waals surface area contributed by atoms with Crippen LogP contribution in [0.25, 0.3) is 0 Å². The molecular weight excluding hydrogens is 396 g/mol. The Hall–Kier alpha value is -0.410. The Kier molecular flexibility index (Phi) is 7.20. The molecule has 3 heteroatoms. The number of Topliss-reactive ketones (excluding diaryl/α,β-unsaturated/α-hetero) is 1. The summed E-state index contributed by atoms with van der Waals surface area (Å²) in [6, 6.07) is 0. The van der Waals surface area contributed by atoms with Crippen LogP contribution in [0.1, 0.15) is 112 Å². The van der Waals surface area contributed by atoms with E-state index in [0.29, 0.717) is 30.3 Å². The molecule has 1 saturated heterocycles. The van der Waals surface area contributed by atoms with Crippen LogP contribution >= 0.6 is 0 Å².